The third kappa shape index (κ3) is 3.11. The second kappa shape index (κ2) is 6.43. The fraction of sp³-hybridized carbons (Fsp3) is 0.400. The van der Waals surface area contributed by atoms with Gasteiger partial charge in [-0.3, -0.25) is 4.68 Å². The molecule has 0 fully saturated rings. The van der Waals surface area contributed by atoms with Gasteiger partial charge >= 0.3 is 0 Å². The van der Waals surface area contributed by atoms with E-state index < -0.39 is 0 Å². The highest BCUT2D eigenvalue weighted by molar-refractivity contribution is 5.50. The van der Waals surface area contributed by atoms with E-state index in [1.165, 1.54) is 0 Å². The normalized spacial score (nSPS) is 12.2. The van der Waals surface area contributed by atoms with Crippen LogP contribution >= 0.6 is 0 Å². The van der Waals surface area contributed by atoms with E-state index in [2.05, 4.69) is 17.3 Å². The first-order chi connectivity index (χ1) is 9.67. The van der Waals surface area contributed by atoms with Crippen molar-refractivity contribution in [1.82, 2.24) is 9.78 Å². The number of ether oxygens (including phenoxy) is 1. The Balaban J connectivity index is 2.23. The number of hydrogen-bond acceptors (Lipinski definition) is 4. The Kier molecular flexibility index (Phi) is 4.63. The summed E-state index contributed by atoms with van der Waals surface area (Å²) in [5.41, 5.74) is 9.15. The van der Waals surface area contributed by atoms with E-state index in [0.717, 1.165) is 29.1 Å². The Morgan fingerprint density at radius 3 is 2.90 bits per heavy atom. The Morgan fingerprint density at radius 2 is 2.25 bits per heavy atom. The molecule has 20 heavy (non-hydrogen) atoms. The van der Waals surface area contributed by atoms with Crippen LogP contribution in [0.2, 0.25) is 0 Å². The second-order valence-electron chi connectivity index (χ2n) is 4.72. The molecule has 0 aliphatic rings. The monoisotopic (exact) mass is 274 g/mol. The Hall–Kier alpha value is -2.01. The maximum absolute atomic E-state index is 5.93. The summed E-state index contributed by atoms with van der Waals surface area (Å²) in [6.45, 7) is 2.61. The lowest BCUT2D eigenvalue weighted by atomic mass is 10.1. The number of aromatic nitrogens is 2. The van der Waals surface area contributed by atoms with Gasteiger partial charge in [-0.2, -0.15) is 5.10 Å². The van der Waals surface area contributed by atoms with E-state index in [4.69, 9.17) is 10.5 Å². The van der Waals surface area contributed by atoms with Gasteiger partial charge in [-0.1, -0.05) is 13.0 Å². The van der Waals surface area contributed by atoms with Crippen LogP contribution in [0, 0.1) is 0 Å². The molecule has 1 aromatic carbocycles. The number of rotatable bonds is 6. The summed E-state index contributed by atoms with van der Waals surface area (Å²) in [5, 5.41) is 7.92. The van der Waals surface area contributed by atoms with Crippen molar-refractivity contribution in [2.75, 3.05) is 19.0 Å². The van der Waals surface area contributed by atoms with E-state index in [1.54, 1.807) is 7.11 Å². The Morgan fingerprint density at radius 1 is 1.45 bits per heavy atom. The number of nitrogens with two attached hydrogens (primary N) is 1. The summed E-state index contributed by atoms with van der Waals surface area (Å²) in [6.07, 6.45) is 2.93. The molecule has 3 N–H and O–H groups in total. The van der Waals surface area contributed by atoms with Crippen LogP contribution in [-0.2, 0) is 13.5 Å². The standard InChI is InChI=1S/C15H22N4O/c1-4-14-13(10-19(2)18-14)15(9-16)17-11-6-5-7-12(8-11)20-3/h5-8,10,15,17H,4,9,16H2,1-3H3. The molecule has 1 atom stereocenters. The zero-order chi connectivity index (χ0) is 14.5. The highest BCUT2D eigenvalue weighted by atomic mass is 16.5. The molecule has 0 bridgehead atoms. The minimum absolute atomic E-state index is 0.0470. The first-order valence-electron chi connectivity index (χ1n) is 6.81. The van der Waals surface area contributed by atoms with Crippen LogP contribution in [0.4, 0.5) is 5.69 Å². The van der Waals surface area contributed by atoms with Gasteiger partial charge < -0.3 is 15.8 Å². The molecule has 1 heterocycles. The number of methoxy groups -OCH3 is 1. The summed E-state index contributed by atoms with van der Waals surface area (Å²) in [5.74, 6) is 0.827. The molecule has 0 aliphatic heterocycles. The van der Waals surface area contributed by atoms with Crippen molar-refractivity contribution in [1.29, 1.82) is 0 Å². The molecule has 0 aliphatic carbocycles. The lowest BCUT2D eigenvalue weighted by Gasteiger charge is -2.18. The number of anilines is 1. The van der Waals surface area contributed by atoms with Gasteiger partial charge in [0.15, 0.2) is 0 Å². The molecular weight excluding hydrogens is 252 g/mol. The van der Waals surface area contributed by atoms with Crippen LogP contribution < -0.4 is 15.8 Å². The summed E-state index contributed by atoms with van der Waals surface area (Å²) < 4.78 is 7.07. The summed E-state index contributed by atoms with van der Waals surface area (Å²) in [4.78, 5) is 0. The number of aryl methyl sites for hydroxylation is 2. The maximum atomic E-state index is 5.93. The SMILES string of the molecule is CCc1nn(C)cc1C(CN)Nc1cccc(OC)c1. The van der Waals surface area contributed by atoms with Gasteiger partial charge in [-0.25, -0.2) is 0 Å². The zero-order valence-corrected chi connectivity index (χ0v) is 12.3. The van der Waals surface area contributed by atoms with E-state index in [1.807, 2.05) is 42.2 Å². The summed E-state index contributed by atoms with van der Waals surface area (Å²) in [6, 6.07) is 7.89. The molecule has 108 valence electrons. The quantitative estimate of drug-likeness (QED) is 0.846. The van der Waals surface area contributed by atoms with Crippen LogP contribution in [0.25, 0.3) is 0 Å². The molecule has 0 radical (unpaired) electrons. The molecule has 2 aromatic rings. The molecule has 1 aromatic heterocycles. The van der Waals surface area contributed by atoms with E-state index in [0.29, 0.717) is 6.54 Å². The highest BCUT2D eigenvalue weighted by Crippen LogP contribution is 2.24. The minimum atomic E-state index is 0.0470. The van der Waals surface area contributed by atoms with E-state index in [9.17, 15) is 0 Å². The largest absolute Gasteiger partial charge is 0.497 e. The van der Waals surface area contributed by atoms with Crippen molar-refractivity contribution >= 4 is 5.69 Å². The van der Waals surface area contributed by atoms with Gasteiger partial charge in [0, 0.05) is 37.1 Å². The van der Waals surface area contributed by atoms with Crippen molar-refractivity contribution < 1.29 is 4.74 Å². The third-order valence-electron chi connectivity index (χ3n) is 3.29. The molecule has 0 amide bonds. The van der Waals surface area contributed by atoms with E-state index >= 15 is 0 Å². The summed E-state index contributed by atoms with van der Waals surface area (Å²) >= 11 is 0. The van der Waals surface area contributed by atoms with Crippen molar-refractivity contribution in [2.24, 2.45) is 12.8 Å². The predicted molar refractivity (Wildman–Crippen MR) is 81.0 cm³/mol. The average molecular weight is 274 g/mol. The summed E-state index contributed by atoms with van der Waals surface area (Å²) in [7, 11) is 3.59. The van der Waals surface area contributed by atoms with Gasteiger partial charge in [0.2, 0.25) is 0 Å². The lowest BCUT2D eigenvalue weighted by molar-refractivity contribution is 0.415. The molecule has 0 saturated heterocycles. The third-order valence-corrected chi connectivity index (χ3v) is 3.29. The number of benzene rings is 1. The smallest absolute Gasteiger partial charge is 0.120 e. The maximum Gasteiger partial charge on any atom is 0.120 e. The minimum Gasteiger partial charge on any atom is -0.497 e. The molecule has 2 rings (SSSR count). The lowest BCUT2D eigenvalue weighted by Crippen LogP contribution is -2.21. The van der Waals surface area contributed by atoms with Gasteiger partial charge in [-0.15, -0.1) is 0 Å². The first-order valence-corrected chi connectivity index (χ1v) is 6.81. The van der Waals surface area contributed by atoms with Crippen molar-refractivity contribution in [3.8, 4) is 5.75 Å². The highest BCUT2D eigenvalue weighted by Gasteiger charge is 2.16. The van der Waals surface area contributed by atoms with Crippen molar-refractivity contribution in [3.05, 3.63) is 41.7 Å². The zero-order valence-electron chi connectivity index (χ0n) is 12.3. The van der Waals surface area contributed by atoms with Gasteiger partial charge in [0.1, 0.15) is 5.75 Å². The Bertz CT molecular complexity index is 565. The molecule has 5 heteroatoms. The molecule has 0 spiro atoms. The Labute approximate surface area is 119 Å². The van der Waals surface area contributed by atoms with E-state index in [-0.39, 0.29) is 6.04 Å². The second-order valence-corrected chi connectivity index (χ2v) is 4.72. The van der Waals surface area contributed by atoms with Gasteiger partial charge in [-0.05, 0) is 18.6 Å². The van der Waals surface area contributed by atoms with Crippen LogP contribution in [0.3, 0.4) is 0 Å². The average Bonchev–Trinajstić information content (AvgIpc) is 2.86. The number of nitrogens with one attached hydrogen (secondary N) is 1. The van der Waals surface area contributed by atoms with Crippen LogP contribution in [-0.4, -0.2) is 23.4 Å². The molecule has 0 saturated carbocycles. The van der Waals surface area contributed by atoms with Crippen molar-refractivity contribution in [2.45, 2.75) is 19.4 Å². The van der Waals surface area contributed by atoms with Crippen LogP contribution in [0.1, 0.15) is 24.2 Å². The fourth-order valence-electron chi connectivity index (χ4n) is 2.30. The molecule has 1 unspecified atom stereocenters. The molecular formula is C15H22N4O. The fourth-order valence-corrected chi connectivity index (χ4v) is 2.30. The van der Waals surface area contributed by atoms with Crippen LogP contribution in [0.5, 0.6) is 5.75 Å². The number of hydrogen-bond donors (Lipinski definition) is 2. The topological polar surface area (TPSA) is 65.1 Å². The number of nitrogens with zero attached hydrogens (tertiary/aromatic N) is 2. The van der Waals surface area contributed by atoms with Crippen LogP contribution in [0.15, 0.2) is 30.5 Å². The molecule has 5 nitrogen and oxygen atoms in total. The van der Waals surface area contributed by atoms with Gasteiger partial charge in [0.05, 0.1) is 18.8 Å². The van der Waals surface area contributed by atoms with Gasteiger partial charge in [0.25, 0.3) is 0 Å². The first kappa shape index (κ1) is 14.4. The predicted octanol–water partition coefficient (Wildman–Crippen LogP) is 2.10. The van der Waals surface area contributed by atoms with Crippen molar-refractivity contribution in [3.63, 3.8) is 0 Å².